The van der Waals surface area contributed by atoms with Crippen LogP contribution in [-0.2, 0) is 23.2 Å². The minimum absolute atomic E-state index is 0.375. The van der Waals surface area contributed by atoms with Crippen molar-refractivity contribution in [2.45, 2.75) is 26.3 Å². The highest BCUT2D eigenvalue weighted by Gasteiger charge is 2.17. The van der Waals surface area contributed by atoms with Crippen LogP contribution in [0.3, 0.4) is 0 Å². The molecule has 0 radical (unpaired) electrons. The maximum Gasteiger partial charge on any atom is 0.279 e. The molecule has 1 aromatic rings. The molecule has 0 aliphatic carbocycles. The number of rotatable bonds is 9. The highest BCUT2D eigenvalue weighted by Crippen LogP contribution is 2.17. The molecule has 0 saturated heterocycles. The number of hydrogen-bond acceptors (Lipinski definition) is 4. The summed E-state index contributed by atoms with van der Waals surface area (Å²) in [4.78, 5) is 1.09. The van der Waals surface area contributed by atoms with Gasteiger partial charge in [-0.05, 0) is 43.4 Å². The predicted octanol–water partition coefficient (Wildman–Crippen LogP) is 1.19. The fraction of sp³-hybridized carbons (Fsp3) is 0.667. The first kappa shape index (κ1) is 16.6. The molecule has 110 valence electrons. The van der Waals surface area contributed by atoms with Gasteiger partial charge in [0.2, 0.25) is 0 Å². The fourth-order valence-corrected chi connectivity index (χ4v) is 3.63. The molecule has 0 bridgehead atoms. The van der Waals surface area contributed by atoms with E-state index < -0.39 is 10.2 Å². The van der Waals surface area contributed by atoms with E-state index in [-0.39, 0.29) is 0 Å². The summed E-state index contributed by atoms with van der Waals surface area (Å²) < 4.78 is 28.1. The molecule has 7 heteroatoms. The van der Waals surface area contributed by atoms with Crippen molar-refractivity contribution < 1.29 is 8.42 Å². The average molecular weight is 305 g/mol. The fourth-order valence-electron chi connectivity index (χ4n) is 1.70. The molecule has 0 aliphatic heterocycles. The number of nitrogens with one attached hydrogen (secondary N) is 2. The summed E-state index contributed by atoms with van der Waals surface area (Å²) in [6, 6.07) is 2.05. The summed E-state index contributed by atoms with van der Waals surface area (Å²) in [5, 5.41) is 5.00. The van der Waals surface area contributed by atoms with Gasteiger partial charge in [-0.3, -0.25) is 0 Å². The third-order valence-corrected chi connectivity index (χ3v) is 5.42. The van der Waals surface area contributed by atoms with Crippen molar-refractivity contribution in [2.24, 2.45) is 0 Å². The summed E-state index contributed by atoms with van der Waals surface area (Å²) in [6.45, 7) is 3.77. The summed E-state index contributed by atoms with van der Waals surface area (Å²) >= 11 is 1.59. The van der Waals surface area contributed by atoms with E-state index in [4.69, 9.17) is 0 Å². The van der Waals surface area contributed by atoms with Crippen LogP contribution in [0.5, 0.6) is 0 Å². The van der Waals surface area contributed by atoms with Gasteiger partial charge >= 0.3 is 0 Å². The maximum atomic E-state index is 12.0. The van der Waals surface area contributed by atoms with E-state index in [0.717, 1.165) is 24.3 Å². The lowest BCUT2D eigenvalue weighted by atomic mass is 10.2. The van der Waals surface area contributed by atoms with Crippen LogP contribution >= 0.6 is 11.3 Å². The zero-order valence-corrected chi connectivity index (χ0v) is 13.4. The second-order valence-electron chi connectivity index (χ2n) is 4.33. The van der Waals surface area contributed by atoms with Crippen molar-refractivity contribution in [3.63, 3.8) is 0 Å². The van der Waals surface area contributed by atoms with Crippen molar-refractivity contribution in [1.29, 1.82) is 0 Å². The zero-order valence-electron chi connectivity index (χ0n) is 11.8. The molecule has 1 rings (SSSR count). The van der Waals surface area contributed by atoms with Gasteiger partial charge in [0, 0.05) is 25.0 Å². The second kappa shape index (κ2) is 7.96. The molecule has 2 N–H and O–H groups in total. The van der Waals surface area contributed by atoms with Crippen LogP contribution < -0.4 is 10.0 Å². The van der Waals surface area contributed by atoms with Gasteiger partial charge in [0.1, 0.15) is 0 Å². The lowest BCUT2D eigenvalue weighted by Gasteiger charge is -2.17. The topological polar surface area (TPSA) is 61.4 Å². The highest BCUT2D eigenvalue weighted by atomic mass is 32.2. The molecule has 0 amide bonds. The molecule has 0 unspecified atom stereocenters. The first-order valence-electron chi connectivity index (χ1n) is 6.42. The van der Waals surface area contributed by atoms with Crippen LogP contribution in [0, 0.1) is 0 Å². The van der Waals surface area contributed by atoms with Crippen molar-refractivity contribution in [2.75, 3.05) is 27.2 Å². The third kappa shape index (κ3) is 5.19. The quantitative estimate of drug-likeness (QED) is 0.674. The van der Waals surface area contributed by atoms with Gasteiger partial charge in [-0.2, -0.15) is 17.4 Å². The van der Waals surface area contributed by atoms with E-state index in [0.29, 0.717) is 13.1 Å². The first-order chi connectivity index (χ1) is 9.01. The Balaban J connectivity index is 2.50. The van der Waals surface area contributed by atoms with Crippen LogP contribution in [0.15, 0.2) is 11.4 Å². The van der Waals surface area contributed by atoms with Crippen LogP contribution in [-0.4, -0.2) is 39.9 Å². The van der Waals surface area contributed by atoms with Gasteiger partial charge < -0.3 is 5.32 Å². The van der Waals surface area contributed by atoms with Crippen molar-refractivity contribution in [1.82, 2.24) is 14.3 Å². The van der Waals surface area contributed by atoms with Gasteiger partial charge in [-0.15, -0.1) is 11.3 Å². The Kier molecular flexibility index (Phi) is 6.95. The van der Waals surface area contributed by atoms with E-state index in [1.165, 1.54) is 9.87 Å². The standard InChI is InChI=1S/C12H23N3O2S2/c1-4-11-6-9-18-12(11)10-14-19(16,17)15(3)8-5-7-13-2/h6,9,13-14H,4-5,7-8,10H2,1-3H3. The van der Waals surface area contributed by atoms with Gasteiger partial charge in [-0.1, -0.05) is 6.92 Å². The Morgan fingerprint density at radius 1 is 1.42 bits per heavy atom. The van der Waals surface area contributed by atoms with Crippen LogP contribution in [0.4, 0.5) is 0 Å². The van der Waals surface area contributed by atoms with E-state index in [9.17, 15) is 8.42 Å². The van der Waals surface area contributed by atoms with Crippen molar-refractivity contribution >= 4 is 21.5 Å². The molecular weight excluding hydrogens is 282 g/mol. The van der Waals surface area contributed by atoms with Crippen LogP contribution in [0.25, 0.3) is 0 Å². The zero-order chi connectivity index (χ0) is 14.3. The van der Waals surface area contributed by atoms with Crippen LogP contribution in [0.2, 0.25) is 0 Å². The first-order valence-corrected chi connectivity index (χ1v) is 8.74. The number of hydrogen-bond donors (Lipinski definition) is 2. The largest absolute Gasteiger partial charge is 0.320 e. The van der Waals surface area contributed by atoms with E-state index in [2.05, 4.69) is 17.0 Å². The molecule has 1 aromatic heterocycles. The molecule has 19 heavy (non-hydrogen) atoms. The predicted molar refractivity (Wildman–Crippen MR) is 80.6 cm³/mol. The number of nitrogens with zero attached hydrogens (tertiary/aromatic N) is 1. The molecule has 0 aromatic carbocycles. The van der Waals surface area contributed by atoms with Gasteiger partial charge in [0.15, 0.2) is 0 Å². The number of thiophene rings is 1. The Bertz CT molecular complexity index is 471. The molecular formula is C12H23N3O2S2. The normalized spacial score (nSPS) is 12.2. The Hall–Kier alpha value is -0.470. The lowest BCUT2D eigenvalue weighted by molar-refractivity contribution is 0.448. The molecule has 0 atom stereocenters. The van der Waals surface area contributed by atoms with E-state index in [1.807, 2.05) is 18.5 Å². The summed E-state index contributed by atoms with van der Waals surface area (Å²) in [6.07, 6.45) is 1.73. The van der Waals surface area contributed by atoms with Gasteiger partial charge in [0.05, 0.1) is 0 Å². The molecule has 0 saturated carbocycles. The maximum absolute atomic E-state index is 12.0. The highest BCUT2D eigenvalue weighted by molar-refractivity contribution is 7.87. The van der Waals surface area contributed by atoms with Crippen molar-refractivity contribution in [3.8, 4) is 0 Å². The van der Waals surface area contributed by atoms with Gasteiger partial charge in [-0.25, -0.2) is 0 Å². The van der Waals surface area contributed by atoms with Crippen molar-refractivity contribution in [3.05, 3.63) is 21.9 Å². The van der Waals surface area contributed by atoms with Crippen LogP contribution in [0.1, 0.15) is 23.8 Å². The molecule has 0 fully saturated rings. The SMILES string of the molecule is CCc1ccsc1CNS(=O)(=O)N(C)CCCNC. The molecule has 5 nitrogen and oxygen atoms in total. The number of aryl methyl sites for hydroxylation is 1. The summed E-state index contributed by atoms with van der Waals surface area (Å²) in [7, 11) is 0.0817. The van der Waals surface area contributed by atoms with E-state index >= 15 is 0 Å². The average Bonchev–Trinajstić information content (AvgIpc) is 2.84. The van der Waals surface area contributed by atoms with Gasteiger partial charge in [0.25, 0.3) is 10.2 Å². The lowest BCUT2D eigenvalue weighted by Crippen LogP contribution is -2.38. The molecule has 0 spiro atoms. The third-order valence-electron chi connectivity index (χ3n) is 2.94. The smallest absolute Gasteiger partial charge is 0.279 e. The second-order valence-corrected chi connectivity index (χ2v) is 7.19. The minimum atomic E-state index is -3.38. The Morgan fingerprint density at radius 2 is 2.16 bits per heavy atom. The Labute approximate surface area is 120 Å². The molecule has 0 aliphatic rings. The Morgan fingerprint density at radius 3 is 2.79 bits per heavy atom. The summed E-state index contributed by atoms with van der Waals surface area (Å²) in [5.74, 6) is 0. The minimum Gasteiger partial charge on any atom is -0.320 e. The molecule has 1 heterocycles. The van der Waals surface area contributed by atoms with E-state index in [1.54, 1.807) is 18.4 Å². The summed E-state index contributed by atoms with van der Waals surface area (Å²) in [5.41, 5.74) is 1.21. The monoisotopic (exact) mass is 305 g/mol.